The Balaban J connectivity index is 1.44. The lowest BCUT2D eigenvalue weighted by molar-refractivity contribution is -0.121. The van der Waals surface area contributed by atoms with Gasteiger partial charge in [-0.05, 0) is 18.6 Å². The van der Waals surface area contributed by atoms with Crippen LogP contribution in [0.15, 0.2) is 59.7 Å². The lowest BCUT2D eigenvalue weighted by Gasteiger charge is -2.07. The second kappa shape index (κ2) is 7.07. The van der Waals surface area contributed by atoms with Gasteiger partial charge in [0.1, 0.15) is 11.0 Å². The number of carbonyl (C=O) groups is 1. The van der Waals surface area contributed by atoms with Gasteiger partial charge in [-0.25, -0.2) is 4.98 Å². The molecule has 0 bridgehead atoms. The molecule has 2 N–H and O–H groups in total. The Morgan fingerprint density at radius 1 is 1.15 bits per heavy atom. The van der Waals surface area contributed by atoms with Crippen LogP contribution in [0.3, 0.4) is 0 Å². The number of benzene rings is 2. The number of aromatic amines is 1. The highest BCUT2D eigenvalue weighted by molar-refractivity contribution is 6.04. The van der Waals surface area contributed by atoms with Crippen LogP contribution in [0.5, 0.6) is 0 Å². The van der Waals surface area contributed by atoms with Crippen molar-refractivity contribution in [3.8, 4) is 0 Å². The number of amides is 1. The number of hydrogen-bond acceptors (Lipinski definition) is 3. The van der Waals surface area contributed by atoms with Gasteiger partial charge in [-0.15, -0.1) is 0 Å². The van der Waals surface area contributed by atoms with Crippen molar-refractivity contribution >= 4 is 27.8 Å². The second-order valence-corrected chi connectivity index (χ2v) is 6.65. The van der Waals surface area contributed by atoms with E-state index in [1.165, 1.54) is 16.5 Å². The average molecular weight is 360 g/mol. The molecule has 0 spiro atoms. The normalized spacial score (nSPS) is 11.1. The van der Waals surface area contributed by atoms with Crippen molar-refractivity contribution in [1.29, 1.82) is 0 Å². The monoisotopic (exact) mass is 360 g/mol. The van der Waals surface area contributed by atoms with E-state index in [4.69, 9.17) is 0 Å². The molecule has 0 aliphatic rings. The molecule has 0 saturated carbocycles. The van der Waals surface area contributed by atoms with Gasteiger partial charge in [0.25, 0.3) is 5.56 Å². The maximum Gasteiger partial charge on any atom is 0.277 e. The third-order valence-electron chi connectivity index (χ3n) is 4.67. The van der Waals surface area contributed by atoms with E-state index in [0.29, 0.717) is 17.6 Å². The Morgan fingerprint density at radius 2 is 1.93 bits per heavy atom. The number of nitrogens with zero attached hydrogens (tertiary/aromatic N) is 2. The van der Waals surface area contributed by atoms with E-state index in [2.05, 4.69) is 15.3 Å². The van der Waals surface area contributed by atoms with Crippen molar-refractivity contribution in [1.82, 2.24) is 19.9 Å². The third-order valence-corrected chi connectivity index (χ3v) is 4.67. The highest BCUT2D eigenvalue weighted by atomic mass is 16.1. The summed E-state index contributed by atoms with van der Waals surface area (Å²) in [4.78, 5) is 32.3. The number of hydrogen-bond donors (Lipinski definition) is 2. The molecule has 0 fully saturated rings. The van der Waals surface area contributed by atoms with Crippen LogP contribution in [0, 0.1) is 6.92 Å². The topological polar surface area (TPSA) is 79.8 Å². The zero-order chi connectivity index (χ0) is 18.8. The molecule has 0 unspecified atom stereocenters. The Kier molecular flexibility index (Phi) is 4.46. The summed E-state index contributed by atoms with van der Waals surface area (Å²) in [6, 6.07) is 15.7. The summed E-state index contributed by atoms with van der Waals surface area (Å²) >= 11 is 0. The van der Waals surface area contributed by atoms with Crippen molar-refractivity contribution in [2.45, 2.75) is 26.4 Å². The van der Waals surface area contributed by atoms with Crippen molar-refractivity contribution in [2.75, 3.05) is 0 Å². The molecule has 4 rings (SSSR count). The van der Waals surface area contributed by atoms with E-state index >= 15 is 0 Å². The number of rotatable bonds is 5. The van der Waals surface area contributed by atoms with Crippen LogP contribution in [0.1, 0.15) is 17.5 Å². The van der Waals surface area contributed by atoms with Crippen LogP contribution < -0.4 is 10.9 Å². The van der Waals surface area contributed by atoms with Gasteiger partial charge in [0, 0.05) is 30.4 Å². The molecule has 27 heavy (non-hydrogen) atoms. The van der Waals surface area contributed by atoms with E-state index in [-0.39, 0.29) is 24.4 Å². The summed E-state index contributed by atoms with van der Waals surface area (Å²) in [7, 11) is 0. The van der Waals surface area contributed by atoms with Gasteiger partial charge >= 0.3 is 0 Å². The number of aromatic nitrogens is 3. The van der Waals surface area contributed by atoms with Gasteiger partial charge in [-0.1, -0.05) is 48.0 Å². The van der Waals surface area contributed by atoms with Crippen molar-refractivity contribution in [2.24, 2.45) is 0 Å². The minimum absolute atomic E-state index is 0.0979. The quantitative estimate of drug-likeness (QED) is 0.574. The van der Waals surface area contributed by atoms with Crippen LogP contribution >= 0.6 is 0 Å². The molecule has 4 aromatic rings. The van der Waals surface area contributed by atoms with E-state index in [0.717, 1.165) is 16.5 Å². The molecule has 2 aromatic carbocycles. The van der Waals surface area contributed by atoms with Crippen LogP contribution in [0.2, 0.25) is 0 Å². The smallest absolute Gasteiger partial charge is 0.277 e. The summed E-state index contributed by atoms with van der Waals surface area (Å²) in [5, 5.41) is 3.81. The summed E-state index contributed by atoms with van der Waals surface area (Å²) < 4.78 is 1.48. The molecule has 2 aromatic heterocycles. The molecule has 136 valence electrons. The number of carbonyl (C=O) groups excluding carboxylic acids is 1. The first-order chi connectivity index (χ1) is 13.1. The highest BCUT2D eigenvalue weighted by Crippen LogP contribution is 2.20. The fourth-order valence-corrected chi connectivity index (χ4v) is 3.12. The van der Waals surface area contributed by atoms with E-state index < -0.39 is 0 Å². The summed E-state index contributed by atoms with van der Waals surface area (Å²) in [6.07, 6.45) is 1.73. The van der Waals surface area contributed by atoms with Crippen LogP contribution in [-0.4, -0.2) is 20.4 Å². The van der Waals surface area contributed by atoms with E-state index in [1.807, 2.05) is 55.5 Å². The van der Waals surface area contributed by atoms with E-state index in [9.17, 15) is 9.59 Å². The van der Waals surface area contributed by atoms with Crippen molar-refractivity contribution in [3.63, 3.8) is 0 Å². The maximum atomic E-state index is 12.7. The summed E-state index contributed by atoms with van der Waals surface area (Å²) in [5.74, 6) is -0.0979. The van der Waals surface area contributed by atoms with Gasteiger partial charge in [0.05, 0.1) is 6.33 Å². The minimum Gasteiger partial charge on any atom is -0.352 e. The van der Waals surface area contributed by atoms with Crippen molar-refractivity contribution < 1.29 is 4.79 Å². The molecular weight excluding hydrogens is 340 g/mol. The molecule has 2 heterocycles. The Hall–Kier alpha value is -3.41. The van der Waals surface area contributed by atoms with Gasteiger partial charge in [0.2, 0.25) is 5.91 Å². The number of nitrogens with one attached hydrogen (secondary N) is 2. The number of H-pyrrole nitrogens is 1. The Morgan fingerprint density at radius 3 is 2.74 bits per heavy atom. The molecule has 0 saturated heterocycles. The second-order valence-electron chi connectivity index (χ2n) is 6.65. The lowest BCUT2D eigenvalue weighted by Crippen LogP contribution is -2.27. The van der Waals surface area contributed by atoms with Gasteiger partial charge in [-0.3, -0.25) is 14.2 Å². The molecule has 0 atom stereocenters. The van der Waals surface area contributed by atoms with Crippen LogP contribution in [0.4, 0.5) is 0 Å². The fourth-order valence-electron chi connectivity index (χ4n) is 3.12. The SMILES string of the molecule is Cc1ccc(CNC(=O)CCn2cnc3c([nH]c4ccccc43)c2=O)cc1. The largest absolute Gasteiger partial charge is 0.352 e. The molecule has 0 radical (unpaired) electrons. The highest BCUT2D eigenvalue weighted by Gasteiger charge is 2.11. The number of fused-ring (bicyclic) bond motifs is 3. The predicted octanol–water partition coefficient (Wildman–Crippen LogP) is 2.89. The Bertz CT molecular complexity index is 1170. The van der Waals surface area contributed by atoms with Gasteiger partial charge in [0.15, 0.2) is 0 Å². The molecule has 6 nitrogen and oxygen atoms in total. The third kappa shape index (κ3) is 3.46. The minimum atomic E-state index is -0.164. The Labute approximate surface area is 155 Å². The molecule has 0 aliphatic carbocycles. The van der Waals surface area contributed by atoms with Crippen molar-refractivity contribution in [3.05, 3.63) is 76.3 Å². The first kappa shape index (κ1) is 17.0. The zero-order valence-electron chi connectivity index (χ0n) is 15.0. The first-order valence-electron chi connectivity index (χ1n) is 8.90. The molecule has 1 amide bonds. The zero-order valence-corrected chi connectivity index (χ0v) is 15.0. The van der Waals surface area contributed by atoms with Crippen LogP contribution in [-0.2, 0) is 17.9 Å². The number of para-hydroxylation sites is 1. The summed E-state index contributed by atoms with van der Waals surface area (Å²) in [5.41, 5.74) is 4.08. The van der Waals surface area contributed by atoms with Gasteiger partial charge < -0.3 is 10.3 Å². The predicted molar refractivity (Wildman–Crippen MR) is 106 cm³/mol. The first-order valence-corrected chi connectivity index (χ1v) is 8.90. The van der Waals surface area contributed by atoms with E-state index in [1.54, 1.807) is 0 Å². The molecule has 0 aliphatic heterocycles. The maximum absolute atomic E-state index is 12.7. The lowest BCUT2D eigenvalue weighted by atomic mass is 10.1. The summed E-state index contributed by atoms with van der Waals surface area (Å²) in [6.45, 7) is 2.79. The number of aryl methyl sites for hydroxylation is 2. The van der Waals surface area contributed by atoms with Crippen LogP contribution in [0.25, 0.3) is 21.9 Å². The van der Waals surface area contributed by atoms with Gasteiger partial charge in [-0.2, -0.15) is 0 Å². The molecular formula is C21H20N4O2. The standard InChI is InChI=1S/C21H20N4O2/c1-14-6-8-15(9-7-14)12-22-18(26)10-11-25-13-23-19-16-4-2-3-5-17(16)24-20(19)21(25)27/h2-9,13,24H,10-12H2,1H3,(H,22,26). The fraction of sp³-hybridized carbons (Fsp3) is 0.190. The average Bonchev–Trinajstić information content (AvgIpc) is 3.07. The molecule has 6 heteroatoms.